The number of hydrogen-bond acceptors (Lipinski definition) is 3. The van der Waals surface area contributed by atoms with Crippen molar-refractivity contribution in [1.29, 1.82) is 0 Å². The van der Waals surface area contributed by atoms with E-state index in [4.69, 9.17) is 0 Å². The molecule has 2 saturated carbocycles. The van der Waals surface area contributed by atoms with Crippen molar-refractivity contribution in [2.24, 2.45) is 5.92 Å². The fourth-order valence-corrected chi connectivity index (χ4v) is 5.88. The minimum atomic E-state index is -0.212. The Morgan fingerprint density at radius 3 is 2.48 bits per heavy atom. The molecule has 27 heavy (non-hydrogen) atoms. The number of nitrogens with zero attached hydrogens (tertiary/aromatic N) is 2. The van der Waals surface area contributed by atoms with Crippen molar-refractivity contribution in [2.45, 2.75) is 68.9 Å². The molecule has 4 nitrogen and oxygen atoms in total. The lowest BCUT2D eigenvalue weighted by Gasteiger charge is -2.47. The Labute approximate surface area is 163 Å². The summed E-state index contributed by atoms with van der Waals surface area (Å²) >= 11 is 0. The fourth-order valence-electron chi connectivity index (χ4n) is 5.88. The average molecular weight is 368 g/mol. The zero-order chi connectivity index (χ0) is 18.3. The highest BCUT2D eigenvalue weighted by Crippen LogP contribution is 2.41. The van der Waals surface area contributed by atoms with Crippen LogP contribution in [0.3, 0.4) is 0 Å². The number of hydrogen-bond donors (Lipinski definition) is 1. The van der Waals surface area contributed by atoms with Crippen molar-refractivity contribution in [3.63, 3.8) is 0 Å². The first-order valence-electron chi connectivity index (χ1n) is 11.1. The number of carbonyl (C=O) groups is 1. The first kappa shape index (κ1) is 17.7. The standard InChI is InChI=1S/C23H33N3O/c27-22-23(26(17-24-22)16-18-10-11-18)12-14-25(15-13-23)21-9-5-4-8-20(21)19-6-2-1-3-7-19/h1-3,6-7,18,20-21H,4-5,8-17H2,(H,24,27)/t20-,21-/m1/s1. The largest absolute Gasteiger partial charge is 0.342 e. The molecule has 146 valence electrons. The molecule has 0 bridgehead atoms. The quantitative estimate of drug-likeness (QED) is 0.886. The summed E-state index contributed by atoms with van der Waals surface area (Å²) < 4.78 is 0. The highest BCUT2D eigenvalue weighted by atomic mass is 16.2. The highest BCUT2D eigenvalue weighted by molar-refractivity contribution is 5.88. The zero-order valence-electron chi connectivity index (χ0n) is 16.4. The minimum absolute atomic E-state index is 0.212. The third-order valence-corrected chi connectivity index (χ3v) is 7.69. The summed E-state index contributed by atoms with van der Waals surface area (Å²) in [6.07, 6.45) is 10.0. The van der Waals surface area contributed by atoms with E-state index in [0.29, 0.717) is 17.9 Å². The normalized spacial score (nSPS) is 31.9. The summed E-state index contributed by atoms with van der Waals surface area (Å²) in [6.45, 7) is 4.03. The second kappa shape index (κ2) is 7.21. The molecule has 2 saturated heterocycles. The van der Waals surface area contributed by atoms with E-state index in [0.717, 1.165) is 45.1 Å². The number of likely N-dealkylation sites (tertiary alicyclic amines) is 1. The van der Waals surface area contributed by atoms with Crippen LogP contribution in [-0.2, 0) is 4.79 Å². The molecule has 2 aliphatic heterocycles. The van der Waals surface area contributed by atoms with Gasteiger partial charge in [-0.05, 0) is 55.9 Å². The third kappa shape index (κ3) is 3.31. The zero-order valence-corrected chi connectivity index (χ0v) is 16.4. The van der Waals surface area contributed by atoms with Gasteiger partial charge in [0.15, 0.2) is 0 Å². The second-order valence-corrected chi connectivity index (χ2v) is 9.27. The van der Waals surface area contributed by atoms with Gasteiger partial charge in [-0.25, -0.2) is 0 Å². The van der Waals surface area contributed by atoms with Crippen molar-refractivity contribution >= 4 is 5.91 Å². The Balaban J connectivity index is 1.29. The first-order chi connectivity index (χ1) is 13.3. The lowest BCUT2D eigenvalue weighted by atomic mass is 9.77. The van der Waals surface area contributed by atoms with Crippen molar-refractivity contribution in [1.82, 2.24) is 15.1 Å². The van der Waals surface area contributed by atoms with Gasteiger partial charge in [0.2, 0.25) is 5.91 Å². The molecule has 0 unspecified atom stereocenters. The van der Waals surface area contributed by atoms with E-state index in [-0.39, 0.29) is 5.54 Å². The number of benzene rings is 1. The number of carbonyl (C=O) groups excluding carboxylic acids is 1. The SMILES string of the molecule is O=C1NCN(CC2CC2)C12CCN([C@@H]1CCCC[C@@H]1c1ccccc1)CC2. The maximum absolute atomic E-state index is 12.8. The first-order valence-corrected chi connectivity index (χ1v) is 11.1. The van der Waals surface area contributed by atoms with Crippen LogP contribution < -0.4 is 5.32 Å². The number of rotatable bonds is 4. The van der Waals surface area contributed by atoms with Crippen LogP contribution in [0.25, 0.3) is 0 Å². The molecule has 2 atom stereocenters. The van der Waals surface area contributed by atoms with E-state index < -0.39 is 0 Å². The summed E-state index contributed by atoms with van der Waals surface area (Å²) in [6, 6.07) is 11.8. The van der Waals surface area contributed by atoms with Gasteiger partial charge >= 0.3 is 0 Å². The molecule has 4 aliphatic rings. The Morgan fingerprint density at radius 2 is 1.74 bits per heavy atom. The van der Waals surface area contributed by atoms with Crippen LogP contribution in [0.5, 0.6) is 0 Å². The molecular formula is C23H33N3O. The molecular weight excluding hydrogens is 334 g/mol. The van der Waals surface area contributed by atoms with Crippen LogP contribution in [0.2, 0.25) is 0 Å². The molecule has 4 fully saturated rings. The van der Waals surface area contributed by atoms with Gasteiger partial charge < -0.3 is 5.32 Å². The maximum atomic E-state index is 12.8. The predicted octanol–water partition coefficient (Wildman–Crippen LogP) is 3.35. The van der Waals surface area contributed by atoms with Crippen LogP contribution >= 0.6 is 0 Å². The Morgan fingerprint density at radius 1 is 1.00 bits per heavy atom. The van der Waals surface area contributed by atoms with Crippen LogP contribution in [0.1, 0.15) is 62.8 Å². The van der Waals surface area contributed by atoms with Gasteiger partial charge in [-0.3, -0.25) is 14.6 Å². The molecule has 1 N–H and O–H groups in total. The van der Waals surface area contributed by atoms with Gasteiger partial charge in [-0.15, -0.1) is 0 Å². The molecule has 1 amide bonds. The van der Waals surface area contributed by atoms with Crippen LogP contribution in [-0.4, -0.2) is 53.6 Å². The van der Waals surface area contributed by atoms with Crippen molar-refractivity contribution in [3.05, 3.63) is 35.9 Å². The summed E-state index contributed by atoms with van der Waals surface area (Å²) in [5.74, 6) is 1.80. The van der Waals surface area contributed by atoms with E-state index in [9.17, 15) is 4.79 Å². The van der Waals surface area contributed by atoms with Crippen LogP contribution in [0.4, 0.5) is 0 Å². The minimum Gasteiger partial charge on any atom is -0.342 e. The molecule has 1 aromatic rings. The van der Waals surface area contributed by atoms with Crippen LogP contribution in [0.15, 0.2) is 30.3 Å². The second-order valence-electron chi connectivity index (χ2n) is 9.27. The van der Waals surface area contributed by atoms with Crippen molar-refractivity contribution in [3.8, 4) is 0 Å². The third-order valence-electron chi connectivity index (χ3n) is 7.69. The van der Waals surface area contributed by atoms with Crippen molar-refractivity contribution in [2.75, 3.05) is 26.3 Å². The van der Waals surface area contributed by atoms with Gasteiger partial charge in [0, 0.05) is 25.7 Å². The Kier molecular flexibility index (Phi) is 4.73. The lowest BCUT2D eigenvalue weighted by molar-refractivity contribution is -0.129. The van der Waals surface area contributed by atoms with Gasteiger partial charge in [-0.1, -0.05) is 43.2 Å². The maximum Gasteiger partial charge on any atom is 0.241 e. The van der Waals surface area contributed by atoms with Crippen LogP contribution in [0, 0.1) is 5.92 Å². The topological polar surface area (TPSA) is 35.6 Å². The molecule has 1 aromatic carbocycles. The molecule has 0 aromatic heterocycles. The van der Waals surface area contributed by atoms with Crippen molar-refractivity contribution < 1.29 is 4.79 Å². The summed E-state index contributed by atoms with van der Waals surface area (Å²) in [7, 11) is 0. The summed E-state index contributed by atoms with van der Waals surface area (Å²) in [5.41, 5.74) is 1.30. The van der Waals surface area contributed by atoms with E-state index in [1.165, 1.54) is 44.1 Å². The molecule has 2 heterocycles. The number of amides is 1. The molecule has 4 heteroatoms. The highest BCUT2D eigenvalue weighted by Gasteiger charge is 2.51. The average Bonchev–Trinajstić information content (AvgIpc) is 3.51. The monoisotopic (exact) mass is 367 g/mol. The van der Waals surface area contributed by atoms with E-state index in [1.807, 2.05) is 0 Å². The number of piperidine rings is 1. The lowest BCUT2D eigenvalue weighted by Crippen LogP contribution is -2.58. The van der Waals surface area contributed by atoms with Gasteiger partial charge in [0.25, 0.3) is 0 Å². The molecule has 1 spiro atoms. The summed E-state index contributed by atoms with van der Waals surface area (Å²) in [4.78, 5) is 18.0. The van der Waals surface area contributed by atoms with Gasteiger partial charge in [0.1, 0.15) is 5.54 Å². The molecule has 5 rings (SSSR count). The fraction of sp³-hybridized carbons (Fsp3) is 0.696. The molecule has 0 radical (unpaired) electrons. The Bertz CT molecular complexity index is 663. The van der Waals surface area contributed by atoms with E-state index >= 15 is 0 Å². The summed E-state index contributed by atoms with van der Waals surface area (Å²) in [5, 5.41) is 3.16. The van der Waals surface area contributed by atoms with E-state index in [2.05, 4.69) is 45.4 Å². The van der Waals surface area contributed by atoms with Gasteiger partial charge in [-0.2, -0.15) is 0 Å². The number of nitrogens with one attached hydrogen (secondary N) is 1. The smallest absolute Gasteiger partial charge is 0.241 e. The molecule has 2 aliphatic carbocycles. The Hall–Kier alpha value is -1.39. The van der Waals surface area contributed by atoms with E-state index in [1.54, 1.807) is 0 Å². The predicted molar refractivity (Wildman–Crippen MR) is 107 cm³/mol. The van der Waals surface area contributed by atoms with Gasteiger partial charge in [0.05, 0.1) is 6.67 Å².